The Labute approximate surface area is 109 Å². The van der Waals surface area contributed by atoms with E-state index in [1.807, 2.05) is 0 Å². The zero-order valence-corrected chi connectivity index (χ0v) is 10.3. The smallest absolute Gasteiger partial charge is 0.300 e. The molecule has 0 atom stereocenters. The van der Waals surface area contributed by atoms with E-state index in [4.69, 9.17) is 0 Å². The summed E-state index contributed by atoms with van der Waals surface area (Å²) in [4.78, 5) is 10.5. The van der Waals surface area contributed by atoms with E-state index in [1.54, 1.807) is 0 Å². The fourth-order valence-electron chi connectivity index (χ4n) is 1.39. The van der Waals surface area contributed by atoms with Gasteiger partial charge in [0, 0.05) is 11.3 Å². The summed E-state index contributed by atoms with van der Waals surface area (Å²) in [5, 5.41) is 0. The average molecular weight is 302 g/mol. The number of rotatable bonds is 3. The van der Waals surface area contributed by atoms with Crippen LogP contribution in [0.2, 0.25) is 0 Å². The quantitative estimate of drug-likeness (QED) is 0.606. The third-order valence-electron chi connectivity index (χ3n) is 2.05. The number of benzene rings is 1. The van der Waals surface area contributed by atoms with Gasteiger partial charge in [-0.2, -0.15) is 26.3 Å². The van der Waals surface area contributed by atoms with Gasteiger partial charge < -0.3 is 0 Å². The molecule has 1 aromatic carbocycles. The van der Waals surface area contributed by atoms with Crippen molar-refractivity contribution in [2.75, 3.05) is 0 Å². The van der Waals surface area contributed by atoms with E-state index in [-0.39, 0.29) is 5.56 Å². The molecule has 1 rings (SSSR count). The lowest BCUT2D eigenvalue weighted by Crippen LogP contribution is -2.09. The number of hydrogen-bond donors (Lipinski definition) is 0. The van der Waals surface area contributed by atoms with Crippen LogP contribution >= 0.6 is 11.8 Å². The van der Waals surface area contributed by atoms with Crippen LogP contribution in [0.15, 0.2) is 23.1 Å². The van der Waals surface area contributed by atoms with Crippen LogP contribution in [0.1, 0.15) is 18.1 Å². The van der Waals surface area contributed by atoms with E-state index >= 15 is 0 Å². The Morgan fingerprint density at radius 3 is 2.16 bits per heavy atom. The molecule has 0 aliphatic heterocycles. The van der Waals surface area contributed by atoms with Gasteiger partial charge in [0.25, 0.3) is 0 Å². The van der Waals surface area contributed by atoms with Crippen molar-refractivity contribution in [1.29, 1.82) is 0 Å². The Hall–Kier alpha value is -1.18. The molecule has 0 saturated heterocycles. The van der Waals surface area contributed by atoms with Gasteiger partial charge >= 0.3 is 11.7 Å². The second kappa shape index (κ2) is 5.44. The second-order valence-corrected chi connectivity index (χ2v) is 4.85. The van der Waals surface area contributed by atoms with Crippen molar-refractivity contribution in [2.24, 2.45) is 0 Å². The van der Waals surface area contributed by atoms with Crippen molar-refractivity contribution in [2.45, 2.75) is 29.9 Å². The SMILES string of the molecule is CC(=O)Cc1cc(C(F)(F)F)ccc1SC(F)(F)F. The van der Waals surface area contributed by atoms with Crippen LogP contribution in [-0.4, -0.2) is 11.3 Å². The molecule has 0 N–H and O–H groups in total. The molecule has 0 aliphatic carbocycles. The van der Waals surface area contributed by atoms with Crippen molar-refractivity contribution in [1.82, 2.24) is 0 Å². The molecule has 1 nitrogen and oxygen atoms in total. The van der Waals surface area contributed by atoms with Crippen LogP contribution in [-0.2, 0) is 17.4 Å². The second-order valence-electron chi connectivity index (χ2n) is 3.75. The molecule has 106 valence electrons. The molecule has 0 saturated carbocycles. The molecule has 8 heteroatoms. The van der Waals surface area contributed by atoms with Gasteiger partial charge in [-0.3, -0.25) is 4.79 Å². The minimum Gasteiger partial charge on any atom is -0.300 e. The molecule has 1 aromatic rings. The molecule has 0 spiro atoms. The Bertz CT molecular complexity index is 477. The highest BCUT2D eigenvalue weighted by molar-refractivity contribution is 8.00. The average Bonchev–Trinajstić information content (AvgIpc) is 2.15. The predicted molar refractivity (Wildman–Crippen MR) is 57.7 cm³/mol. The minimum absolute atomic E-state index is 0.273. The zero-order valence-electron chi connectivity index (χ0n) is 9.52. The van der Waals surface area contributed by atoms with Crippen molar-refractivity contribution in [3.63, 3.8) is 0 Å². The number of alkyl halides is 6. The Balaban J connectivity index is 3.20. The zero-order chi connectivity index (χ0) is 14.8. The number of carbonyl (C=O) groups is 1. The molecule has 0 radical (unpaired) electrons. The van der Waals surface area contributed by atoms with Gasteiger partial charge in [-0.25, -0.2) is 0 Å². The van der Waals surface area contributed by atoms with E-state index in [0.717, 1.165) is 13.0 Å². The first-order chi connectivity index (χ1) is 8.49. The lowest BCUT2D eigenvalue weighted by atomic mass is 10.1. The van der Waals surface area contributed by atoms with Crippen LogP contribution in [0.25, 0.3) is 0 Å². The number of Topliss-reactive ketones (excluding diaryl/α,β-unsaturated/α-hetero) is 1. The molecule has 0 heterocycles. The summed E-state index contributed by atoms with van der Waals surface area (Å²) >= 11 is -0.531. The Kier molecular flexibility index (Phi) is 4.54. The number of hydrogen-bond acceptors (Lipinski definition) is 2. The largest absolute Gasteiger partial charge is 0.446 e. The fourth-order valence-corrected chi connectivity index (χ4v) is 2.03. The summed E-state index contributed by atoms with van der Waals surface area (Å²) in [6, 6.07) is 1.88. The third-order valence-corrected chi connectivity index (χ3v) is 2.90. The highest BCUT2D eigenvalue weighted by atomic mass is 32.2. The van der Waals surface area contributed by atoms with Crippen molar-refractivity contribution >= 4 is 17.5 Å². The highest BCUT2D eigenvalue weighted by Crippen LogP contribution is 2.40. The standard InChI is InChI=1S/C11H8F6OS/c1-6(18)4-7-5-8(10(12,13)14)2-3-9(7)19-11(15,16)17/h2-3,5H,4H2,1H3. The molecule has 19 heavy (non-hydrogen) atoms. The van der Waals surface area contributed by atoms with E-state index in [9.17, 15) is 31.1 Å². The topological polar surface area (TPSA) is 17.1 Å². The molecular formula is C11H8F6OS. The first kappa shape index (κ1) is 15.9. The van der Waals surface area contributed by atoms with Crippen LogP contribution in [0.3, 0.4) is 0 Å². The van der Waals surface area contributed by atoms with E-state index in [2.05, 4.69) is 0 Å². The number of thioether (sulfide) groups is 1. The van der Waals surface area contributed by atoms with Gasteiger partial charge in [0.2, 0.25) is 0 Å². The van der Waals surface area contributed by atoms with Crippen molar-refractivity contribution in [3.05, 3.63) is 29.3 Å². The van der Waals surface area contributed by atoms with Gasteiger partial charge in [-0.05, 0) is 42.4 Å². The summed E-state index contributed by atoms with van der Waals surface area (Å²) in [5.74, 6) is -0.511. The molecular weight excluding hydrogens is 294 g/mol. The van der Waals surface area contributed by atoms with Gasteiger partial charge in [0.1, 0.15) is 5.78 Å². The summed E-state index contributed by atoms with van der Waals surface area (Å²) in [6.45, 7) is 1.10. The van der Waals surface area contributed by atoms with E-state index in [0.29, 0.717) is 12.1 Å². The summed E-state index contributed by atoms with van der Waals surface area (Å²) in [5.41, 5.74) is -5.97. The predicted octanol–water partition coefficient (Wildman–Crippen LogP) is 4.45. The molecule has 0 bridgehead atoms. The van der Waals surface area contributed by atoms with E-state index < -0.39 is 46.1 Å². The van der Waals surface area contributed by atoms with Gasteiger partial charge in [-0.1, -0.05) is 0 Å². The summed E-state index contributed by atoms with van der Waals surface area (Å²) in [6.07, 6.45) is -5.13. The Morgan fingerprint density at radius 1 is 1.16 bits per heavy atom. The summed E-state index contributed by atoms with van der Waals surface area (Å²) < 4.78 is 74.1. The van der Waals surface area contributed by atoms with Crippen molar-refractivity contribution in [3.8, 4) is 0 Å². The van der Waals surface area contributed by atoms with Gasteiger partial charge in [-0.15, -0.1) is 0 Å². The number of carbonyl (C=O) groups excluding carboxylic acids is 1. The van der Waals surface area contributed by atoms with Crippen LogP contribution < -0.4 is 0 Å². The van der Waals surface area contributed by atoms with Crippen LogP contribution in [0.4, 0.5) is 26.3 Å². The lowest BCUT2D eigenvalue weighted by Gasteiger charge is -2.13. The molecule has 0 unspecified atom stereocenters. The monoisotopic (exact) mass is 302 g/mol. The van der Waals surface area contributed by atoms with Crippen LogP contribution in [0, 0.1) is 0 Å². The molecule has 0 aliphatic rings. The summed E-state index contributed by atoms with van der Waals surface area (Å²) in [7, 11) is 0. The Morgan fingerprint density at radius 2 is 1.74 bits per heavy atom. The number of halogens is 6. The fraction of sp³-hybridized carbons (Fsp3) is 0.364. The third kappa shape index (κ3) is 5.14. The van der Waals surface area contributed by atoms with Gasteiger partial charge in [0.05, 0.1) is 5.56 Å². The lowest BCUT2D eigenvalue weighted by molar-refractivity contribution is -0.137. The number of ketones is 1. The molecule has 0 aromatic heterocycles. The normalized spacial score (nSPS) is 12.6. The maximum atomic E-state index is 12.5. The first-order valence-corrected chi connectivity index (χ1v) is 5.76. The van der Waals surface area contributed by atoms with Crippen molar-refractivity contribution < 1.29 is 31.1 Å². The molecule has 0 amide bonds. The van der Waals surface area contributed by atoms with Crippen LogP contribution in [0.5, 0.6) is 0 Å². The maximum absolute atomic E-state index is 12.5. The first-order valence-electron chi connectivity index (χ1n) is 4.94. The molecule has 0 fully saturated rings. The highest BCUT2D eigenvalue weighted by Gasteiger charge is 2.34. The minimum atomic E-state index is -4.66. The maximum Gasteiger partial charge on any atom is 0.446 e. The van der Waals surface area contributed by atoms with E-state index in [1.165, 1.54) is 0 Å². The van der Waals surface area contributed by atoms with Gasteiger partial charge in [0.15, 0.2) is 0 Å².